The van der Waals surface area contributed by atoms with Crippen molar-refractivity contribution in [2.75, 3.05) is 12.9 Å². The van der Waals surface area contributed by atoms with Gasteiger partial charge < -0.3 is 9.84 Å². The number of carboxylic acids is 1. The molecule has 0 aliphatic heterocycles. The fourth-order valence-electron chi connectivity index (χ4n) is 6.42. The molecular weight excluding hydrogens is 566 g/mol. The predicted molar refractivity (Wildman–Crippen MR) is 176 cm³/mol. The number of carbonyl (C=O) groups excluding carboxylic acids is 1. The number of benzene rings is 5. The molecule has 5 aromatic carbocycles. The summed E-state index contributed by atoms with van der Waals surface area (Å²) >= 11 is 1.68. The van der Waals surface area contributed by atoms with Gasteiger partial charge in [0.1, 0.15) is 6.04 Å². The average molecular weight is 600 g/mol. The predicted octanol–water partition coefficient (Wildman–Crippen LogP) is 8.39. The van der Waals surface area contributed by atoms with Crippen LogP contribution in [0.25, 0.3) is 11.1 Å². The van der Waals surface area contributed by atoms with Crippen LogP contribution in [0.1, 0.15) is 40.3 Å². The Bertz CT molecular complexity index is 1600. The molecular formula is C38H33NO4S. The molecule has 0 saturated heterocycles. The molecule has 5 aromatic rings. The maximum atomic E-state index is 13.5. The molecule has 0 bridgehead atoms. The molecule has 0 heterocycles. The lowest BCUT2D eigenvalue weighted by molar-refractivity contribution is -0.143. The molecule has 0 unspecified atom stereocenters. The smallest absolute Gasteiger partial charge is 0.411 e. The zero-order chi connectivity index (χ0) is 30.5. The molecule has 1 aliphatic rings. The van der Waals surface area contributed by atoms with Crippen molar-refractivity contribution >= 4 is 23.8 Å². The molecule has 6 heteroatoms. The van der Waals surface area contributed by atoms with Gasteiger partial charge in [-0.25, -0.2) is 9.59 Å². The van der Waals surface area contributed by atoms with Crippen LogP contribution in [0.5, 0.6) is 0 Å². The van der Waals surface area contributed by atoms with E-state index < -0.39 is 28.9 Å². The summed E-state index contributed by atoms with van der Waals surface area (Å²) in [6.07, 6.45) is -0.455. The van der Waals surface area contributed by atoms with Gasteiger partial charge in [-0.1, -0.05) is 140 Å². The normalized spacial score (nSPS) is 13.0. The Hall–Kier alpha value is -4.81. The van der Waals surface area contributed by atoms with E-state index in [9.17, 15) is 14.7 Å². The largest absolute Gasteiger partial charge is 0.480 e. The van der Waals surface area contributed by atoms with E-state index in [0.717, 1.165) is 38.9 Å². The van der Waals surface area contributed by atoms with Crippen LogP contribution in [0.15, 0.2) is 140 Å². The molecule has 5 nitrogen and oxygen atoms in total. The van der Waals surface area contributed by atoms with Gasteiger partial charge in [-0.2, -0.15) is 0 Å². The Labute approximate surface area is 262 Å². The fourth-order valence-corrected chi connectivity index (χ4v) is 7.98. The average Bonchev–Trinajstić information content (AvgIpc) is 3.41. The van der Waals surface area contributed by atoms with Crippen LogP contribution in [0.3, 0.4) is 0 Å². The Balaban J connectivity index is 1.40. The third-order valence-corrected chi connectivity index (χ3v) is 9.92. The van der Waals surface area contributed by atoms with Gasteiger partial charge in [0.25, 0.3) is 0 Å². The van der Waals surface area contributed by atoms with Crippen molar-refractivity contribution in [3.8, 4) is 11.1 Å². The first kappa shape index (κ1) is 29.3. The minimum Gasteiger partial charge on any atom is -0.480 e. The summed E-state index contributed by atoms with van der Waals surface area (Å²) in [5.41, 5.74) is 7.07. The molecule has 1 atom stereocenters. The highest BCUT2D eigenvalue weighted by Crippen LogP contribution is 2.50. The number of methoxy groups -OCH3 is 1. The Morgan fingerprint density at radius 3 is 1.52 bits per heavy atom. The zero-order valence-electron chi connectivity index (χ0n) is 24.4. The highest BCUT2D eigenvalue weighted by atomic mass is 32.2. The van der Waals surface area contributed by atoms with Gasteiger partial charge in [0, 0.05) is 0 Å². The Morgan fingerprint density at radius 2 is 1.11 bits per heavy atom. The van der Waals surface area contributed by atoms with E-state index in [0.29, 0.717) is 5.75 Å². The van der Waals surface area contributed by atoms with Crippen molar-refractivity contribution < 1.29 is 19.4 Å². The molecule has 1 amide bonds. The molecule has 0 spiro atoms. The maximum Gasteiger partial charge on any atom is 0.411 e. The number of nitrogens with zero attached hydrogens (tertiary/aromatic N) is 1. The number of hydrogen-bond donors (Lipinski definition) is 1. The van der Waals surface area contributed by atoms with Gasteiger partial charge in [0.2, 0.25) is 0 Å². The number of ether oxygens (including phenoxy) is 1. The molecule has 0 saturated carbocycles. The van der Waals surface area contributed by atoms with Gasteiger partial charge in [0.15, 0.2) is 0 Å². The van der Waals surface area contributed by atoms with E-state index in [-0.39, 0.29) is 6.42 Å². The lowest BCUT2D eigenvalue weighted by Crippen LogP contribution is -2.47. The van der Waals surface area contributed by atoms with Gasteiger partial charge in [-0.15, -0.1) is 11.8 Å². The minimum atomic E-state index is -1.13. The van der Waals surface area contributed by atoms with Crippen molar-refractivity contribution in [1.29, 1.82) is 0 Å². The number of carbonyl (C=O) groups is 2. The van der Waals surface area contributed by atoms with Crippen molar-refractivity contribution in [2.24, 2.45) is 0 Å². The number of rotatable bonds is 10. The van der Waals surface area contributed by atoms with Crippen LogP contribution in [0.4, 0.5) is 4.79 Å². The van der Waals surface area contributed by atoms with Crippen molar-refractivity contribution in [2.45, 2.75) is 23.3 Å². The van der Waals surface area contributed by atoms with Crippen LogP contribution in [0, 0.1) is 0 Å². The van der Waals surface area contributed by atoms with Gasteiger partial charge >= 0.3 is 12.1 Å². The number of hydrogen-bond acceptors (Lipinski definition) is 4. The molecule has 220 valence electrons. The number of thioether (sulfide) groups is 1. The van der Waals surface area contributed by atoms with Crippen LogP contribution in [-0.4, -0.2) is 41.0 Å². The number of aliphatic carboxylic acids is 1. The number of carboxylic acid groups (broad SMARTS) is 1. The quantitative estimate of drug-likeness (QED) is 0.163. The molecule has 0 aromatic heterocycles. The summed E-state index contributed by atoms with van der Waals surface area (Å²) in [4.78, 5) is 28.0. The van der Waals surface area contributed by atoms with E-state index in [2.05, 4.69) is 36.4 Å². The van der Waals surface area contributed by atoms with Crippen LogP contribution >= 0.6 is 11.8 Å². The number of amides is 1. The van der Waals surface area contributed by atoms with E-state index in [1.807, 2.05) is 103 Å². The molecule has 0 radical (unpaired) electrons. The summed E-state index contributed by atoms with van der Waals surface area (Å²) in [6.45, 7) is 0. The summed E-state index contributed by atoms with van der Waals surface area (Å²) < 4.78 is 4.66. The standard InChI is InChI=1S/C38H33NO4S/c1-43-37(42)39(35-32-23-13-11-21-30(32)31-22-12-14-24-33(31)35)34(36(40)41)25-26-44-38(27-15-5-2-6-16-27,28-17-7-3-8-18-28)29-19-9-4-10-20-29/h2-24,34-35H,25-26H2,1H3,(H,40,41)/t34-/m0/s1. The molecule has 0 fully saturated rings. The highest BCUT2D eigenvalue weighted by molar-refractivity contribution is 8.00. The van der Waals surface area contributed by atoms with Crippen LogP contribution < -0.4 is 0 Å². The third kappa shape index (κ3) is 5.26. The second kappa shape index (κ2) is 12.8. The highest BCUT2D eigenvalue weighted by Gasteiger charge is 2.43. The van der Waals surface area contributed by atoms with E-state index in [1.54, 1.807) is 11.8 Å². The summed E-state index contributed by atoms with van der Waals surface area (Å²) in [6, 6.07) is 44.9. The van der Waals surface area contributed by atoms with E-state index >= 15 is 0 Å². The second-order valence-electron chi connectivity index (χ2n) is 10.7. The lowest BCUT2D eigenvalue weighted by Gasteiger charge is -2.37. The number of fused-ring (bicyclic) bond motifs is 3. The summed E-state index contributed by atoms with van der Waals surface area (Å²) in [7, 11) is 1.31. The Morgan fingerprint density at radius 1 is 0.705 bits per heavy atom. The fraction of sp³-hybridized carbons (Fsp3) is 0.158. The monoisotopic (exact) mass is 599 g/mol. The lowest BCUT2D eigenvalue weighted by atomic mass is 9.84. The minimum absolute atomic E-state index is 0.212. The molecule has 1 N–H and O–H groups in total. The summed E-state index contributed by atoms with van der Waals surface area (Å²) in [5, 5.41) is 10.7. The van der Waals surface area contributed by atoms with Crippen molar-refractivity contribution in [1.82, 2.24) is 4.90 Å². The van der Waals surface area contributed by atoms with Crippen molar-refractivity contribution in [3.05, 3.63) is 167 Å². The third-order valence-electron chi connectivity index (χ3n) is 8.34. The van der Waals surface area contributed by atoms with Gasteiger partial charge in [-0.05, 0) is 51.1 Å². The second-order valence-corrected chi connectivity index (χ2v) is 12.0. The molecule has 6 rings (SSSR count). The van der Waals surface area contributed by atoms with E-state index in [4.69, 9.17) is 4.74 Å². The Kier molecular flexibility index (Phi) is 8.53. The van der Waals surface area contributed by atoms with Gasteiger partial charge in [-0.3, -0.25) is 4.90 Å². The maximum absolute atomic E-state index is 13.5. The first-order valence-corrected chi connectivity index (χ1v) is 15.6. The first-order chi connectivity index (χ1) is 21.6. The first-order valence-electron chi connectivity index (χ1n) is 14.6. The van der Waals surface area contributed by atoms with Crippen LogP contribution in [-0.2, 0) is 14.3 Å². The zero-order valence-corrected chi connectivity index (χ0v) is 25.2. The SMILES string of the molecule is COC(=O)N(C1c2ccccc2-c2ccccc21)[C@@H](CCSC(c1ccccc1)(c1ccccc1)c1ccccc1)C(=O)O. The van der Waals surface area contributed by atoms with E-state index in [1.165, 1.54) is 12.0 Å². The molecule has 1 aliphatic carbocycles. The van der Waals surface area contributed by atoms with Crippen LogP contribution in [0.2, 0.25) is 0 Å². The molecule has 44 heavy (non-hydrogen) atoms. The van der Waals surface area contributed by atoms with Gasteiger partial charge in [0.05, 0.1) is 17.9 Å². The van der Waals surface area contributed by atoms with Crippen molar-refractivity contribution in [3.63, 3.8) is 0 Å². The summed E-state index contributed by atoms with van der Waals surface area (Å²) in [5.74, 6) is -0.610. The topological polar surface area (TPSA) is 66.8 Å².